The number of allylic oxidation sites excluding steroid dienone is 1. The molecule has 2 heteroatoms. The minimum Gasteiger partial charge on any atom is -0.385 e. The number of ketones is 1. The zero-order valence-electron chi connectivity index (χ0n) is 8.08. The van der Waals surface area contributed by atoms with Gasteiger partial charge in [0.05, 0.1) is 0 Å². The van der Waals surface area contributed by atoms with Gasteiger partial charge < -0.3 is 5.11 Å². The van der Waals surface area contributed by atoms with Gasteiger partial charge in [0.2, 0.25) is 0 Å². The Balaban J connectivity index is 3.94. The molecule has 0 bridgehead atoms. The van der Waals surface area contributed by atoms with Crippen LogP contribution in [0.2, 0.25) is 0 Å². The van der Waals surface area contributed by atoms with Gasteiger partial charge in [-0.1, -0.05) is 26.8 Å². The molecule has 1 N–H and O–H groups in total. The van der Waals surface area contributed by atoms with Crippen LogP contribution in [0.3, 0.4) is 0 Å². The molecule has 0 aromatic rings. The number of carbonyl (C=O) groups excluding carboxylic acids is 1. The molecule has 0 heterocycles. The maximum Gasteiger partial charge on any atom is 0.163 e. The molecule has 12 heavy (non-hydrogen) atoms. The van der Waals surface area contributed by atoms with Gasteiger partial charge in [0, 0.05) is 5.92 Å². The van der Waals surface area contributed by atoms with Gasteiger partial charge in [0.1, 0.15) is 6.10 Å². The first kappa shape index (κ1) is 11.4. The summed E-state index contributed by atoms with van der Waals surface area (Å²) in [6.45, 7) is 9.12. The van der Waals surface area contributed by atoms with Crippen LogP contribution in [0.1, 0.15) is 27.2 Å². The highest BCUT2D eigenvalue weighted by molar-refractivity contribution is 5.84. The summed E-state index contributed by atoms with van der Waals surface area (Å²) in [6, 6.07) is 0. The van der Waals surface area contributed by atoms with Crippen LogP contribution in [-0.4, -0.2) is 17.0 Å². The van der Waals surface area contributed by atoms with Crippen molar-refractivity contribution in [2.75, 3.05) is 0 Å². The fourth-order valence-electron chi connectivity index (χ4n) is 0.949. The zero-order valence-corrected chi connectivity index (χ0v) is 8.08. The second-order valence-electron chi connectivity index (χ2n) is 3.52. The summed E-state index contributed by atoms with van der Waals surface area (Å²) in [6.07, 6.45) is 1.41. The predicted octanol–water partition coefficient (Wildman–Crippen LogP) is 1.78. The predicted molar refractivity (Wildman–Crippen MR) is 49.8 cm³/mol. The van der Waals surface area contributed by atoms with Crippen molar-refractivity contribution in [2.24, 2.45) is 11.8 Å². The zero-order chi connectivity index (χ0) is 9.72. The Labute approximate surface area is 74.3 Å². The van der Waals surface area contributed by atoms with Gasteiger partial charge in [0.25, 0.3) is 0 Å². The van der Waals surface area contributed by atoms with E-state index < -0.39 is 6.10 Å². The number of hydrogen-bond donors (Lipinski definition) is 1. The van der Waals surface area contributed by atoms with Gasteiger partial charge in [-0.2, -0.15) is 0 Å². The van der Waals surface area contributed by atoms with Gasteiger partial charge in [0.15, 0.2) is 5.78 Å². The SMILES string of the molecule is C=C[C@H](C)C[C@@H](O)C(=O)C(C)C. The van der Waals surface area contributed by atoms with Gasteiger partial charge >= 0.3 is 0 Å². The number of aliphatic hydroxyl groups is 1. The number of aliphatic hydroxyl groups excluding tert-OH is 1. The summed E-state index contributed by atoms with van der Waals surface area (Å²) in [4.78, 5) is 11.2. The van der Waals surface area contributed by atoms with Crippen LogP contribution >= 0.6 is 0 Å². The molecular weight excluding hydrogens is 152 g/mol. The fraction of sp³-hybridized carbons (Fsp3) is 0.700. The molecular formula is C10H18O2. The van der Waals surface area contributed by atoms with E-state index in [1.54, 1.807) is 19.9 Å². The lowest BCUT2D eigenvalue weighted by Gasteiger charge is -2.14. The van der Waals surface area contributed by atoms with Crippen LogP contribution in [0.25, 0.3) is 0 Å². The van der Waals surface area contributed by atoms with Crippen molar-refractivity contribution < 1.29 is 9.90 Å². The lowest BCUT2D eigenvalue weighted by molar-refractivity contribution is -0.130. The summed E-state index contributed by atoms with van der Waals surface area (Å²) in [5.41, 5.74) is 0. The van der Waals surface area contributed by atoms with E-state index in [0.29, 0.717) is 6.42 Å². The average Bonchev–Trinajstić information content (AvgIpc) is 2.02. The van der Waals surface area contributed by atoms with Crippen LogP contribution < -0.4 is 0 Å². The first-order valence-electron chi connectivity index (χ1n) is 4.33. The third-order valence-corrected chi connectivity index (χ3v) is 1.89. The molecule has 0 aliphatic heterocycles. The Morgan fingerprint density at radius 3 is 2.33 bits per heavy atom. The van der Waals surface area contributed by atoms with E-state index in [1.807, 2.05) is 6.92 Å². The highest BCUT2D eigenvalue weighted by atomic mass is 16.3. The topological polar surface area (TPSA) is 37.3 Å². The Morgan fingerprint density at radius 2 is 2.00 bits per heavy atom. The molecule has 2 atom stereocenters. The van der Waals surface area contributed by atoms with Crippen molar-refractivity contribution in [3.8, 4) is 0 Å². The molecule has 2 nitrogen and oxygen atoms in total. The first-order chi connectivity index (χ1) is 5.49. The van der Waals surface area contributed by atoms with E-state index >= 15 is 0 Å². The van der Waals surface area contributed by atoms with Crippen molar-refractivity contribution in [1.82, 2.24) is 0 Å². The Kier molecular flexibility index (Phi) is 4.83. The largest absolute Gasteiger partial charge is 0.385 e. The molecule has 0 fully saturated rings. The normalized spacial score (nSPS) is 15.8. The van der Waals surface area contributed by atoms with E-state index in [-0.39, 0.29) is 17.6 Å². The molecule has 0 aromatic heterocycles. The van der Waals surface area contributed by atoms with Crippen LogP contribution in [-0.2, 0) is 4.79 Å². The molecule has 0 saturated carbocycles. The summed E-state index contributed by atoms with van der Waals surface area (Å²) in [5, 5.41) is 9.39. The highest BCUT2D eigenvalue weighted by Crippen LogP contribution is 2.10. The average molecular weight is 170 g/mol. The molecule has 0 unspecified atom stereocenters. The van der Waals surface area contributed by atoms with Crippen molar-refractivity contribution in [2.45, 2.75) is 33.3 Å². The van der Waals surface area contributed by atoms with Crippen molar-refractivity contribution in [3.63, 3.8) is 0 Å². The lowest BCUT2D eigenvalue weighted by Crippen LogP contribution is -2.26. The van der Waals surface area contributed by atoms with Gasteiger partial charge in [-0.05, 0) is 12.3 Å². The Hall–Kier alpha value is -0.630. The van der Waals surface area contributed by atoms with Gasteiger partial charge in [-0.25, -0.2) is 0 Å². The quantitative estimate of drug-likeness (QED) is 0.639. The smallest absolute Gasteiger partial charge is 0.163 e. The molecule has 0 rings (SSSR count). The van der Waals surface area contributed by atoms with E-state index in [1.165, 1.54) is 0 Å². The minimum absolute atomic E-state index is 0.0799. The highest BCUT2D eigenvalue weighted by Gasteiger charge is 2.19. The lowest BCUT2D eigenvalue weighted by atomic mass is 9.96. The van der Waals surface area contributed by atoms with Crippen LogP contribution in [0, 0.1) is 11.8 Å². The maximum atomic E-state index is 11.2. The molecule has 0 amide bonds. The van der Waals surface area contributed by atoms with Crippen molar-refractivity contribution in [1.29, 1.82) is 0 Å². The fourth-order valence-corrected chi connectivity index (χ4v) is 0.949. The molecule has 0 aliphatic rings. The first-order valence-corrected chi connectivity index (χ1v) is 4.33. The van der Waals surface area contributed by atoms with E-state index in [4.69, 9.17) is 0 Å². The van der Waals surface area contributed by atoms with E-state index in [0.717, 1.165) is 0 Å². The summed E-state index contributed by atoms with van der Waals surface area (Å²) < 4.78 is 0. The second kappa shape index (κ2) is 5.09. The van der Waals surface area contributed by atoms with Crippen LogP contribution in [0.15, 0.2) is 12.7 Å². The number of Topliss-reactive ketones (excluding diaryl/α,β-unsaturated/α-hetero) is 1. The molecule has 0 aromatic carbocycles. The summed E-state index contributed by atoms with van der Waals surface area (Å²) >= 11 is 0. The molecule has 0 spiro atoms. The molecule has 0 radical (unpaired) electrons. The third kappa shape index (κ3) is 3.67. The van der Waals surface area contributed by atoms with E-state index in [9.17, 15) is 9.90 Å². The maximum absolute atomic E-state index is 11.2. The molecule has 0 aliphatic carbocycles. The third-order valence-electron chi connectivity index (χ3n) is 1.89. The number of rotatable bonds is 5. The van der Waals surface area contributed by atoms with Gasteiger partial charge in [-0.3, -0.25) is 4.79 Å². The molecule has 0 saturated heterocycles. The van der Waals surface area contributed by atoms with Crippen molar-refractivity contribution in [3.05, 3.63) is 12.7 Å². The van der Waals surface area contributed by atoms with Crippen LogP contribution in [0.4, 0.5) is 0 Å². The van der Waals surface area contributed by atoms with E-state index in [2.05, 4.69) is 6.58 Å². The Morgan fingerprint density at radius 1 is 1.50 bits per heavy atom. The van der Waals surface area contributed by atoms with Crippen molar-refractivity contribution >= 4 is 5.78 Å². The van der Waals surface area contributed by atoms with Crippen LogP contribution in [0.5, 0.6) is 0 Å². The Bertz CT molecular complexity index is 161. The summed E-state index contributed by atoms with van der Waals surface area (Å²) in [7, 11) is 0. The number of hydrogen-bond acceptors (Lipinski definition) is 2. The molecule has 70 valence electrons. The standard InChI is InChI=1S/C10H18O2/c1-5-8(4)6-9(11)10(12)7(2)3/h5,7-9,11H,1,6H2,2-4H3/t8-,9+/m0/s1. The van der Waals surface area contributed by atoms with Gasteiger partial charge in [-0.15, -0.1) is 6.58 Å². The monoisotopic (exact) mass is 170 g/mol. The number of carbonyl (C=O) groups is 1. The summed E-state index contributed by atoms with van der Waals surface area (Å²) in [5.74, 6) is 0.0309. The minimum atomic E-state index is -0.821. The second-order valence-corrected chi connectivity index (χ2v) is 3.52.